The summed E-state index contributed by atoms with van der Waals surface area (Å²) in [4.78, 5) is 12.8. The number of aromatic amines is 1. The largest absolute Gasteiger partial charge is 0.423 e. The summed E-state index contributed by atoms with van der Waals surface area (Å²) in [7, 11) is 0. The molecule has 93 valence electrons. The molecule has 1 aliphatic heterocycles. The van der Waals surface area contributed by atoms with Gasteiger partial charge in [0.25, 0.3) is 5.56 Å². The van der Waals surface area contributed by atoms with Gasteiger partial charge in [0.05, 0.1) is 17.9 Å². The van der Waals surface area contributed by atoms with Crippen molar-refractivity contribution in [1.82, 2.24) is 10.2 Å². The molecule has 1 aliphatic rings. The third kappa shape index (κ3) is 2.13. The summed E-state index contributed by atoms with van der Waals surface area (Å²) in [5, 5.41) is 5.27. The maximum absolute atomic E-state index is 12.8. The van der Waals surface area contributed by atoms with Crippen molar-refractivity contribution in [1.29, 1.82) is 0 Å². The van der Waals surface area contributed by atoms with Crippen molar-refractivity contribution in [2.75, 3.05) is 11.4 Å². The smallest absolute Gasteiger partial charge is 0.362 e. The monoisotopic (exact) mass is 246 g/mol. The van der Waals surface area contributed by atoms with Gasteiger partial charge in [-0.25, -0.2) is 5.10 Å². The van der Waals surface area contributed by atoms with Crippen LogP contribution in [-0.2, 0) is 6.18 Å². The quantitative estimate of drug-likeness (QED) is 0.823. The van der Waals surface area contributed by atoms with Crippen molar-refractivity contribution in [2.24, 2.45) is 0 Å². The summed E-state index contributed by atoms with van der Waals surface area (Å²) < 4.78 is 38.4. The average molecular weight is 246 g/mol. The Hall–Kier alpha value is -1.53. The van der Waals surface area contributed by atoms with Gasteiger partial charge in [0.1, 0.15) is 5.56 Å². The molecule has 1 fully saturated rings. The first kappa shape index (κ1) is 11.9. The Labute approximate surface area is 95.4 Å². The van der Waals surface area contributed by atoms with Crippen molar-refractivity contribution in [2.45, 2.75) is 25.9 Å². The van der Waals surface area contributed by atoms with E-state index < -0.39 is 17.3 Å². The van der Waals surface area contributed by atoms with Crippen LogP contribution in [0.15, 0.2) is 11.0 Å². The van der Waals surface area contributed by atoms with E-state index in [0.717, 1.165) is 25.1 Å². The van der Waals surface area contributed by atoms with E-state index in [1.807, 2.05) is 5.10 Å². The number of aromatic nitrogens is 2. The zero-order valence-electron chi connectivity index (χ0n) is 9.14. The van der Waals surface area contributed by atoms with Gasteiger partial charge in [0, 0.05) is 6.54 Å². The van der Waals surface area contributed by atoms with Gasteiger partial charge in [0.2, 0.25) is 0 Å². The Morgan fingerprint density at radius 2 is 2.18 bits per heavy atom. The lowest BCUT2D eigenvalue weighted by Crippen LogP contribution is -2.30. The Morgan fingerprint density at radius 3 is 2.71 bits per heavy atom. The highest BCUT2D eigenvalue weighted by Gasteiger charge is 2.40. The molecule has 0 unspecified atom stereocenters. The molecule has 1 saturated heterocycles. The zero-order chi connectivity index (χ0) is 12.6. The van der Waals surface area contributed by atoms with Gasteiger partial charge in [-0.15, -0.1) is 0 Å². The number of hydrogen-bond donors (Lipinski definition) is 1. The average Bonchev–Trinajstić information content (AvgIpc) is 2.62. The topological polar surface area (TPSA) is 49.0 Å². The lowest BCUT2D eigenvalue weighted by Gasteiger charge is -2.25. The van der Waals surface area contributed by atoms with Gasteiger partial charge in [-0.1, -0.05) is 0 Å². The molecule has 0 spiro atoms. The minimum atomic E-state index is -4.67. The number of alkyl halides is 3. The molecule has 1 radical (unpaired) electrons. The van der Waals surface area contributed by atoms with E-state index in [0.29, 0.717) is 6.54 Å². The summed E-state index contributed by atoms with van der Waals surface area (Å²) in [5.74, 6) is 0. The van der Waals surface area contributed by atoms with E-state index >= 15 is 0 Å². The number of nitrogens with one attached hydrogen (secondary N) is 1. The van der Waals surface area contributed by atoms with Crippen LogP contribution in [0.2, 0.25) is 0 Å². The van der Waals surface area contributed by atoms with E-state index in [4.69, 9.17) is 0 Å². The Balaban J connectivity index is 2.54. The molecule has 17 heavy (non-hydrogen) atoms. The van der Waals surface area contributed by atoms with Crippen molar-refractivity contribution in [3.05, 3.63) is 28.2 Å². The second-order valence-electron chi connectivity index (χ2n) is 3.95. The number of halogens is 3. The van der Waals surface area contributed by atoms with Crippen molar-refractivity contribution in [3.8, 4) is 0 Å². The highest BCUT2D eigenvalue weighted by molar-refractivity contribution is 5.56. The zero-order valence-corrected chi connectivity index (χ0v) is 9.14. The van der Waals surface area contributed by atoms with Crippen LogP contribution < -0.4 is 10.5 Å². The van der Waals surface area contributed by atoms with Crippen LogP contribution in [0.5, 0.6) is 0 Å². The lowest BCUT2D eigenvalue weighted by molar-refractivity contribution is -0.138. The molecule has 0 aliphatic carbocycles. The van der Waals surface area contributed by atoms with Crippen LogP contribution in [0.1, 0.15) is 25.3 Å². The van der Waals surface area contributed by atoms with Crippen LogP contribution in [-0.4, -0.2) is 16.7 Å². The minimum absolute atomic E-state index is 0.156. The fraction of sp³-hybridized carbons (Fsp3) is 0.500. The minimum Gasteiger partial charge on any atom is -0.362 e. The highest BCUT2D eigenvalue weighted by atomic mass is 19.4. The number of rotatable bonds is 1. The van der Waals surface area contributed by atoms with Crippen LogP contribution in [0, 0.1) is 6.04 Å². The number of hydrogen-bond acceptors (Lipinski definition) is 3. The van der Waals surface area contributed by atoms with E-state index in [1.165, 1.54) is 4.90 Å². The number of nitrogens with zero attached hydrogens (tertiary/aromatic N) is 2. The van der Waals surface area contributed by atoms with Gasteiger partial charge in [-0.05, 0) is 19.8 Å². The third-order valence-electron chi connectivity index (χ3n) is 2.79. The normalized spacial score (nSPS) is 17.8. The summed E-state index contributed by atoms with van der Waals surface area (Å²) in [5.41, 5.74) is -2.53. The Morgan fingerprint density at radius 1 is 1.47 bits per heavy atom. The molecule has 2 rings (SSSR count). The van der Waals surface area contributed by atoms with Gasteiger partial charge in [0.15, 0.2) is 0 Å². The van der Waals surface area contributed by atoms with E-state index in [2.05, 4.69) is 5.10 Å². The number of anilines is 1. The Kier molecular flexibility index (Phi) is 2.84. The van der Waals surface area contributed by atoms with Crippen LogP contribution >= 0.6 is 0 Å². The lowest BCUT2D eigenvalue weighted by atomic mass is 10.2. The fourth-order valence-electron chi connectivity index (χ4n) is 2.01. The third-order valence-corrected chi connectivity index (χ3v) is 2.79. The second kappa shape index (κ2) is 4.05. The molecular weight excluding hydrogens is 235 g/mol. The molecular formula is C10H11F3N3O. The van der Waals surface area contributed by atoms with Gasteiger partial charge in [-0.3, -0.25) is 4.79 Å². The first-order valence-corrected chi connectivity index (χ1v) is 5.16. The first-order valence-electron chi connectivity index (χ1n) is 5.16. The Bertz CT molecular complexity index is 469. The molecule has 7 heteroatoms. The summed E-state index contributed by atoms with van der Waals surface area (Å²) in [6.07, 6.45) is -2.09. The predicted molar refractivity (Wildman–Crippen MR) is 55.4 cm³/mol. The molecule has 0 amide bonds. The molecule has 1 aromatic rings. The summed E-state index contributed by atoms with van der Waals surface area (Å²) >= 11 is 0. The predicted octanol–water partition coefficient (Wildman–Crippen LogP) is 1.94. The molecule has 0 bridgehead atoms. The molecule has 1 aromatic heterocycles. The van der Waals surface area contributed by atoms with Crippen LogP contribution in [0.4, 0.5) is 18.9 Å². The molecule has 0 atom stereocenters. The van der Waals surface area contributed by atoms with Crippen molar-refractivity contribution < 1.29 is 13.2 Å². The molecule has 2 heterocycles. The molecule has 0 aromatic carbocycles. The molecule has 0 saturated carbocycles. The van der Waals surface area contributed by atoms with Gasteiger partial charge in [-0.2, -0.15) is 18.3 Å². The SMILES string of the molecule is C[C]1CCCN1c1cn[nH]c(=O)c1C(F)(F)F. The van der Waals surface area contributed by atoms with Gasteiger partial charge < -0.3 is 4.90 Å². The first-order chi connectivity index (χ1) is 7.91. The van der Waals surface area contributed by atoms with Gasteiger partial charge >= 0.3 is 6.18 Å². The maximum Gasteiger partial charge on any atom is 0.423 e. The van der Waals surface area contributed by atoms with Crippen molar-refractivity contribution in [3.63, 3.8) is 0 Å². The van der Waals surface area contributed by atoms with E-state index in [-0.39, 0.29) is 5.69 Å². The summed E-state index contributed by atoms with van der Waals surface area (Å²) in [6.45, 7) is 2.24. The maximum atomic E-state index is 12.8. The highest BCUT2D eigenvalue weighted by Crippen LogP contribution is 2.37. The summed E-state index contributed by atoms with van der Waals surface area (Å²) in [6, 6.07) is 0.822. The number of H-pyrrole nitrogens is 1. The van der Waals surface area contributed by atoms with Crippen LogP contribution in [0.25, 0.3) is 0 Å². The second-order valence-corrected chi connectivity index (χ2v) is 3.95. The fourth-order valence-corrected chi connectivity index (χ4v) is 2.01. The van der Waals surface area contributed by atoms with E-state index in [1.54, 1.807) is 6.92 Å². The van der Waals surface area contributed by atoms with Crippen molar-refractivity contribution >= 4 is 5.69 Å². The van der Waals surface area contributed by atoms with Crippen LogP contribution in [0.3, 0.4) is 0 Å². The molecule has 4 nitrogen and oxygen atoms in total. The van der Waals surface area contributed by atoms with E-state index in [9.17, 15) is 18.0 Å². The molecule has 1 N–H and O–H groups in total. The standard InChI is InChI=1S/C10H11F3N3O/c1-6-3-2-4-16(6)7-5-14-15-9(17)8(7)10(11,12)13/h5H,2-4H2,1H3,(H,15,17).